The predicted octanol–water partition coefficient (Wildman–Crippen LogP) is 4.73. The molecule has 3 aromatic rings. The maximum atomic E-state index is 14.3. The molecule has 2 heterocycles. The fourth-order valence-corrected chi connectivity index (χ4v) is 3.76. The van der Waals surface area contributed by atoms with Crippen LogP contribution >= 0.6 is 27.5 Å². The molecule has 0 fully saturated rings. The van der Waals surface area contributed by atoms with Crippen molar-refractivity contribution in [2.75, 3.05) is 6.61 Å². The Morgan fingerprint density at radius 2 is 2.10 bits per heavy atom. The van der Waals surface area contributed by atoms with Gasteiger partial charge in [-0.3, -0.25) is 0 Å². The maximum absolute atomic E-state index is 14.3. The fraction of sp³-hybridized carbons (Fsp3) is 0.238. The van der Waals surface area contributed by atoms with Crippen molar-refractivity contribution in [3.63, 3.8) is 0 Å². The first-order chi connectivity index (χ1) is 14.9. The Morgan fingerprint density at radius 1 is 1.26 bits per heavy atom. The van der Waals surface area contributed by atoms with E-state index in [2.05, 4.69) is 60.6 Å². The van der Waals surface area contributed by atoms with Gasteiger partial charge in [-0.05, 0) is 55.7 Å². The molecule has 0 spiro atoms. The molecule has 0 radical (unpaired) electrons. The molecule has 4 rings (SSSR count). The molecule has 0 aliphatic carbocycles. The number of oxime groups is 1. The first-order valence-electron chi connectivity index (χ1n) is 9.46. The van der Waals surface area contributed by atoms with Crippen LogP contribution in [0.25, 0.3) is 0 Å². The quantitative estimate of drug-likeness (QED) is 0.539. The summed E-state index contributed by atoms with van der Waals surface area (Å²) in [4.78, 5) is 9.83. The van der Waals surface area contributed by atoms with Gasteiger partial charge in [0.05, 0.1) is 11.1 Å². The smallest absolute Gasteiger partial charge is 0.269 e. The summed E-state index contributed by atoms with van der Waals surface area (Å²) in [5.41, 5.74) is 2.62. The van der Waals surface area contributed by atoms with Crippen molar-refractivity contribution in [2.45, 2.75) is 26.3 Å². The first kappa shape index (κ1) is 21.5. The lowest BCUT2D eigenvalue weighted by atomic mass is 10.0. The van der Waals surface area contributed by atoms with Crippen LogP contribution in [0.15, 0.2) is 46.0 Å². The molecule has 0 amide bonds. The van der Waals surface area contributed by atoms with Crippen LogP contribution in [-0.4, -0.2) is 33.7 Å². The second kappa shape index (κ2) is 9.15. The van der Waals surface area contributed by atoms with Gasteiger partial charge in [0.2, 0.25) is 0 Å². The number of nitrogens with one attached hydrogen (secondary N) is 1. The molecular weight excluding hydrogens is 489 g/mol. The maximum Gasteiger partial charge on any atom is 0.269 e. The van der Waals surface area contributed by atoms with Gasteiger partial charge in [-0.25, -0.2) is 9.37 Å². The molecule has 31 heavy (non-hydrogen) atoms. The van der Waals surface area contributed by atoms with E-state index in [4.69, 9.17) is 21.2 Å². The molecule has 1 aliphatic heterocycles. The number of aromatic nitrogens is 3. The third-order valence-corrected chi connectivity index (χ3v) is 5.44. The highest BCUT2D eigenvalue weighted by molar-refractivity contribution is 9.10. The van der Waals surface area contributed by atoms with Gasteiger partial charge in [0.25, 0.3) is 5.88 Å². The minimum absolute atomic E-state index is 0.0120. The third kappa shape index (κ3) is 4.94. The minimum atomic E-state index is -0.698. The topological polar surface area (TPSA) is 81.5 Å². The lowest BCUT2D eigenvalue weighted by molar-refractivity contribution is 0.109. The minimum Gasteiger partial charge on any atom is -0.433 e. The van der Waals surface area contributed by atoms with Gasteiger partial charge in [0.15, 0.2) is 23.1 Å². The van der Waals surface area contributed by atoms with Gasteiger partial charge in [0, 0.05) is 4.47 Å². The van der Waals surface area contributed by atoms with Gasteiger partial charge in [-0.15, -0.1) is 10.2 Å². The average Bonchev–Trinajstić information content (AvgIpc) is 2.75. The van der Waals surface area contributed by atoms with Crippen molar-refractivity contribution >= 4 is 33.4 Å². The molecule has 0 saturated heterocycles. The highest BCUT2D eigenvalue weighted by Crippen LogP contribution is 2.29. The molecule has 1 N–H and O–H groups in total. The highest BCUT2D eigenvalue weighted by atomic mass is 79.9. The Hall–Kier alpha value is -2.78. The summed E-state index contributed by atoms with van der Waals surface area (Å²) in [7, 11) is 0. The zero-order valence-electron chi connectivity index (χ0n) is 16.7. The van der Waals surface area contributed by atoms with Gasteiger partial charge in [-0.1, -0.05) is 44.8 Å². The molecule has 7 nitrogen and oxygen atoms in total. The van der Waals surface area contributed by atoms with Crippen LogP contribution in [0.1, 0.15) is 22.6 Å². The number of halogens is 3. The number of amidine groups is 1. The van der Waals surface area contributed by atoms with Crippen LogP contribution in [0.2, 0.25) is 5.02 Å². The number of aryl methyl sites for hydroxylation is 2. The van der Waals surface area contributed by atoms with Crippen LogP contribution in [0, 0.1) is 19.7 Å². The van der Waals surface area contributed by atoms with E-state index in [1.165, 1.54) is 23.3 Å². The molecule has 10 heteroatoms. The zero-order chi connectivity index (χ0) is 22.0. The molecule has 0 bridgehead atoms. The summed E-state index contributed by atoms with van der Waals surface area (Å²) in [6, 6.07) is 10.5. The fourth-order valence-electron chi connectivity index (χ4n) is 3.12. The van der Waals surface area contributed by atoms with Crippen molar-refractivity contribution in [3.8, 4) is 11.6 Å². The number of rotatable bonds is 5. The molecule has 1 unspecified atom stereocenters. The summed E-state index contributed by atoms with van der Waals surface area (Å²) >= 11 is 9.33. The van der Waals surface area contributed by atoms with Crippen molar-refractivity contribution in [1.29, 1.82) is 0 Å². The molecule has 2 aromatic carbocycles. The summed E-state index contributed by atoms with van der Waals surface area (Å²) in [5.74, 6) is -0.0585. The van der Waals surface area contributed by atoms with Crippen LogP contribution < -0.4 is 10.1 Å². The molecular formula is C21H18BrClFN5O2. The van der Waals surface area contributed by atoms with Crippen LogP contribution in [0.4, 0.5) is 4.39 Å². The van der Waals surface area contributed by atoms with Crippen molar-refractivity contribution in [2.24, 2.45) is 5.16 Å². The van der Waals surface area contributed by atoms with E-state index in [1.807, 2.05) is 6.07 Å². The molecule has 1 aromatic heterocycles. The van der Waals surface area contributed by atoms with E-state index in [0.29, 0.717) is 18.3 Å². The highest BCUT2D eigenvalue weighted by Gasteiger charge is 2.25. The van der Waals surface area contributed by atoms with E-state index in [-0.39, 0.29) is 28.4 Å². The van der Waals surface area contributed by atoms with Crippen LogP contribution in [0.5, 0.6) is 11.6 Å². The number of benzene rings is 2. The summed E-state index contributed by atoms with van der Waals surface area (Å²) in [6.45, 7) is 4.13. The zero-order valence-corrected chi connectivity index (χ0v) is 19.0. The largest absolute Gasteiger partial charge is 0.433 e. The van der Waals surface area contributed by atoms with Crippen molar-refractivity contribution < 1.29 is 14.0 Å². The summed E-state index contributed by atoms with van der Waals surface area (Å²) < 4.78 is 21.0. The first-order valence-corrected chi connectivity index (χ1v) is 10.6. The number of hydrogen-bond donors (Lipinski definition) is 1. The Bertz CT molecular complexity index is 1160. The van der Waals surface area contributed by atoms with E-state index in [1.54, 1.807) is 13.0 Å². The Kier molecular flexibility index (Phi) is 6.33. The summed E-state index contributed by atoms with van der Waals surface area (Å²) in [5, 5.41) is 15.3. The van der Waals surface area contributed by atoms with Gasteiger partial charge in [0.1, 0.15) is 12.4 Å². The summed E-state index contributed by atoms with van der Waals surface area (Å²) in [6.07, 6.45) is 0.717. The Labute approximate surface area is 191 Å². The molecule has 160 valence electrons. The van der Waals surface area contributed by atoms with Gasteiger partial charge < -0.3 is 14.9 Å². The number of nitrogens with zero attached hydrogens (tertiary/aromatic N) is 4. The van der Waals surface area contributed by atoms with Crippen LogP contribution in [0.3, 0.4) is 0 Å². The molecule has 1 aliphatic rings. The van der Waals surface area contributed by atoms with E-state index in [0.717, 1.165) is 10.9 Å². The molecule has 1 atom stereocenters. The monoisotopic (exact) mass is 505 g/mol. The standard InChI is InChI=1S/C21H18BrClFN5O2/c1-11-8-14(22)7-6-13(11)9-15-10-30-29-20(26-15)19-21(28-27-12(2)25-19)31-17-5-3-4-16(23)18(17)24/h3-8,15H,9-10H2,1-2H3,(H,26,29). The van der Waals surface area contributed by atoms with Gasteiger partial charge in [-0.2, -0.15) is 0 Å². The lowest BCUT2D eigenvalue weighted by Crippen LogP contribution is -2.44. The van der Waals surface area contributed by atoms with Crippen LogP contribution in [-0.2, 0) is 11.3 Å². The average molecular weight is 507 g/mol. The SMILES string of the molecule is Cc1nnc(Oc2cccc(Cl)c2F)c(C2=NOCC(Cc3ccc(Br)cc3C)N2)n1. The van der Waals surface area contributed by atoms with Crippen molar-refractivity contribution in [3.05, 3.63) is 74.4 Å². The van der Waals surface area contributed by atoms with E-state index in [9.17, 15) is 4.39 Å². The predicted molar refractivity (Wildman–Crippen MR) is 118 cm³/mol. The van der Waals surface area contributed by atoms with E-state index >= 15 is 0 Å². The Morgan fingerprint density at radius 3 is 2.90 bits per heavy atom. The lowest BCUT2D eigenvalue weighted by Gasteiger charge is -2.25. The number of hydrogen-bond acceptors (Lipinski definition) is 7. The third-order valence-electron chi connectivity index (χ3n) is 4.65. The molecule has 0 saturated carbocycles. The van der Waals surface area contributed by atoms with Gasteiger partial charge >= 0.3 is 0 Å². The number of ether oxygens (including phenoxy) is 1. The second-order valence-electron chi connectivity index (χ2n) is 7.02. The van der Waals surface area contributed by atoms with E-state index < -0.39 is 5.82 Å². The Balaban J connectivity index is 1.59. The normalized spacial score (nSPS) is 15.6. The second-order valence-corrected chi connectivity index (χ2v) is 8.34. The van der Waals surface area contributed by atoms with Crippen molar-refractivity contribution in [1.82, 2.24) is 20.5 Å².